The molecule has 0 spiro atoms. The van der Waals surface area contributed by atoms with Crippen molar-refractivity contribution in [3.63, 3.8) is 0 Å². The maximum atomic E-state index is 11.5. The van der Waals surface area contributed by atoms with Gasteiger partial charge in [0.15, 0.2) is 0 Å². The predicted octanol–water partition coefficient (Wildman–Crippen LogP) is 1.77. The van der Waals surface area contributed by atoms with Crippen molar-refractivity contribution in [2.45, 2.75) is 32.6 Å². The van der Waals surface area contributed by atoms with Crippen LogP contribution in [0.4, 0.5) is 0 Å². The van der Waals surface area contributed by atoms with Crippen LogP contribution in [0, 0.1) is 5.41 Å². The first kappa shape index (κ1) is 13.6. The molecule has 0 atom stereocenters. The van der Waals surface area contributed by atoms with Gasteiger partial charge in [-0.15, -0.1) is 0 Å². The second-order valence-corrected chi connectivity index (χ2v) is 5.60. The Hall–Kier alpha value is -1.84. The van der Waals surface area contributed by atoms with Crippen molar-refractivity contribution in [1.29, 1.82) is 0 Å². The van der Waals surface area contributed by atoms with E-state index >= 15 is 0 Å². The van der Waals surface area contributed by atoms with Gasteiger partial charge in [-0.25, -0.2) is 0 Å². The van der Waals surface area contributed by atoms with Crippen LogP contribution in [0.5, 0.6) is 0 Å². The molecule has 4 nitrogen and oxygen atoms in total. The first-order chi connectivity index (χ1) is 8.98. The molecule has 1 aromatic carbocycles. The Morgan fingerprint density at radius 3 is 2.32 bits per heavy atom. The van der Waals surface area contributed by atoms with E-state index < -0.39 is 5.97 Å². The molecule has 0 aromatic heterocycles. The van der Waals surface area contributed by atoms with E-state index in [-0.39, 0.29) is 24.2 Å². The minimum atomic E-state index is -0.936. The SMILES string of the molecule is CC1(CNC(=O)CCC(=O)O)Cc2ccccc2C1. The summed E-state index contributed by atoms with van der Waals surface area (Å²) in [6.07, 6.45) is 1.87. The summed E-state index contributed by atoms with van der Waals surface area (Å²) in [4.78, 5) is 21.9. The van der Waals surface area contributed by atoms with Crippen LogP contribution in [0.2, 0.25) is 0 Å². The van der Waals surface area contributed by atoms with Gasteiger partial charge < -0.3 is 10.4 Å². The molecule has 0 bridgehead atoms. The lowest BCUT2D eigenvalue weighted by molar-refractivity contribution is -0.138. The van der Waals surface area contributed by atoms with E-state index in [4.69, 9.17) is 5.11 Å². The molecule has 4 heteroatoms. The molecule has 1 aliphatic carbocycles. The zero-order valence-corrected chi connectivity index (χ0v) is 11.1. The van der Waals surface area contributed by atoms with Gasteiger partial charge in [-0.05, 0) is 29.4 Å². The second-order valence-electron chi connectivity index (χ2n) is 5.60. The lowest BCUT2D eigenvalue weighted by atomic mass is 9.87. The topological polar surface area (TPSA) is 66.4 Å². The summed E-state index contributed by atoms with van der Waals surface area (Å²) >= 11 is 0. The van der Waals surface area contributed by atoms with Crippen LogP contribution in [-0.2, 0) is 22.4 Å². The van der Waals surface area contributed by atoms with Gasteiger partial charge in [0, 0.05) is 13.0 Å². The van der Waals surface area contributed by atoms with E-state index in [9.17, 15) is 9.59 Å². The molecule has 1 aromatic rings. The first-order valence-electron chi connectivity index (χ1n) is 6.54. The number of hydrogen-bond donors (Lipinski definition) is 2. The lowest BCUT2D eigenvalue weighted by Crippen LogP contribution is -2.36. The van der Waals surface area contributed by atoms with Gasteiger partial charge >= 0.3 is 5.97 Å². The van der Waals surface area contributed by atoms with Crippen LogP contribution >= 0.6 is 0 Å². The molecular weight excluding hydrogens is 242 g/mol. The van der Waals surface area contributed by atoms with Gasteiger partial charge in [-0.1, -0.05) is 31.2 Å². The van der Waals surface area contributed by atoms with E-state index in [2.05, 4.69) is 24.4 Å². The summed E-state index contributed by atoms with van der Waals surface area (Å²) in [5.74, 6) is -1.12. The molecular formula is C15H19NO3. The van der Waals surface area contributed by atoms with Crippen molar-refractivity contribution < 1.29 is 14.7 Å². The maximum absolute atomic E-state index is 11.5. The van der Waals surface area contributed by atoms with Gasteiger partial charge in [0.25, 0.3) is 0 Å². The molecule has 2 N–H and O–H groups in total. The third-order valence-corrected chi connectivity index (χ3v) is 3.63. The van der Waals surface area contributed by atoms with E-state index in [0.717, 1.165) is 12.8 Å². The number of carbonyl (C=O) groups is 2. The Bertz CT molecular complexity index is 471. The van der Waals surface area contributed by atoms with Gasteiger partial charge in [-0.3, -0.25) is 9.59 Å². The number of hydrogen-bond acceptors (Lipinski definition) is 2. The molecule has 0 radical (unpaired) electrons. The summed E-state index contributed by atoms with van der Waals surface area (Å²) in [6.45, 7) is 2.75. The monoisotopic (exact) mass is 261 g/mol. The molecule has 0 fully saturated rings. The highest BCUT2D eigenvalue weighted by Crippen LogP contribution is 2.35. The average molecular weight is 261 g/mol. The standard InChI is InChI=1S/C15H19NO3/c1-15(10-16-13(17)6-7-14(18)19)8-11-4-2-3-5-12(11)9-15/h2-5H,6-10H2,1H3,(H,16,17)(H,18,19). The number of carboxylic acid groups (broad SMARTS) is 1. The van der Waals surface area contributed by atoms with Gasteiger partial charge in [0.1, 0.15) is 0 Å². The van der Waals surface area contributed by atoms with Crippen molar-refractivity contribution in [1.82, 2.24) is 5.32 Å². The van der Waals surface area contributed by atoms with Crippen LogP contribution in [0.25, 0.3) is 0 Å². The lowest BCUT2D eigenvalue weighted by Gasteiger charge is -2.23. The van der Waals surface area contributed by atoms with Crippen molar-refractivity contribution in [3.8, 4) is 0 Å². The van der Waals surface area contributed by atoms with Crippen LogP contribution in [0.3, 0.4) is 0 Å². The number of aliphatic carboxylic acids is 1. The molecule has 0 saturated heterocycles. The number of fused-ring (bicyclic) bond motifs is 1. The van der Waals surface area contributed by atoms with Crippen molar-refractivity contribution in [2.75, 3.05) is 6.54 Å². The third-order valence-electron chi connectivity index (χ3n) is 3.63. The van der Waals surface area contributed by atoms with Crippen molar-refractivity contribution in [2.24, 2.45) is 5.41 Å². The molecule has 0 unspecified atom stereocenters. The van der Waals surface area contributed by atoms with Crippen molar-refractivity contribution in [3.05, 3.63) is 35.4 Å². The molecule has 0 heterocycles. The van der Waals surface area contributed by atoms with Crippen LogP contribution in [0.1, 0.15) is 30.9 Å². The molecule has 102 valence electrons. The quantitative estimate of drug-likeness (QED) is 0.849. The normalized spacial score (nSPS) is 15.8. The van der Waals surface area contributed by atoms with Gasteiger partial charge in [0.05, 0.1) is 6.42 Å². The third kappa shape index (κ3) is 3.56. The first-order valence-corrected chi connectivity index (χ1v) is 6.54. The van der Waals surface area contributed by atoms with Gasteiger partial charge in [0.2, 0.25) is 5.91 Å². The largest absolute Gasteiger partial charge is 0.481 e. The van der Waals surface area contributed by atoms with E-state index in [1.165, 1.54) is 11.1 Å². The van der Waals surface area contributed by atoms with Gasteiger partial charge in [-0.2, -0.15) is 0 Å². The summed E-state index contributed by atoms with van der Waals surface area (Å²) in [6, 6.07) is 8.34. The number of nitrogens with one attached hydrogen (secondary N) is 1. The second kappa shape index (κ2) is 5.43. The number of carboxylic acids is 1. The molecule has 1 aliphatic rings. The Labute approximate surface area is 112 Å². The fraction of sp³-hybridized carbons (Fsp3) is 0.467. The highest BCUT2D eigenvalue weighted by Gasteiger charge is 2.32. The Morgan fingerprint density at radius 2 is 1.79 bits per heavy atom. The van der Waals surface area contributed by atoms with Crippen LogP contribution in [0.15, 0.2) is 24.3 Å². The predicted molar refractivity (Wildman–Crippen MR) is 71.8 cm³/mol. The smallest absolute Gasteiger partial charge is 0.303 e. The highest BCUT2D eigenvalue weighted by molar-refractivity contribution is 5.80. The summed E-state index contributed by atoms with van der Waals surface area (Å²) in [5.41, 5.74) is 2.75. The zero-order chi connectivity index (χ0) is 13.9. The number of amides is 1. The Morgan fingerprint density at radius 1 is 1.21 bits per heavy atom. The highest BCUT2D eigenvalue weighted by atomic mass is 16.4. The molecule has 0 aliphatic heterocycles. The van der Waals surface area contributed by atoms with E-state index in [1.54, 1.807) is 0 Å². The maximum Gasteiger partial charge on any atom is 0.303 e. The number of carbonyl (C=O) groups excluding carboxylic acids is 1. The average Bonchev–Trinajstić information content (AvgIpc) is 2.70. The van der Waals surface area contributed by atoms with Crippen LogP contribution in [-0.4, -0.2) is 23.5 Å². The van der Waals surface area contributed by atoms with Crippen molar-refractivity contribution >= 4 is 11.9 Å². The molecule has 0 saturated carbocycles. The molecule has 19 heavy (non-hydrogen) atoms. The summed E-state index contributed by atoms with van der Waals surface area (Å²) in [7, 11) is 0. The fourth-order valence-electron chi connectivity index (χ4n) is 2.63. The summed E-state index contributed by atoms with van der Waals surface area (Å²) in [5, 5.41) is 11.4. The van der Waals surface area contributed by atoms with E-state index in [1.807, 2.05) is 12.1 Å². The minimum absolute atomic E-state index is 0.0442. The zero-order valence-electron chi connectivity index (χ0n) is 11.1. The van der Waals surface area contributed by atoms with Crippen LogP contribution < -0.4 is 5.32 Å². The summed E-state index contributed by atoms with van der Waals surface area (Å²) < 4.78 is 0. The number of benzene rings is 1. The molecule has 2 rings (SSSR count). The molecule has 1 amide bonds. The van der Waals surface area contributed by atoms with E-state index in [0.29, 0.717) is 6.54 Å². The minimum Gasteiger partial charge on any atom is -0.481 e. The Balaban J connectivity index is 1.84. The fourth-order valence-corrected chi connectivity index (χ4v) is 2.63. The Kier molecular flexibility index (Phi) is 3.88. The number of rotatable bonds is 5.